The van der Waals surface area contributed by atoms with Crippen molar-refractivity contribution in [2.24, 2.45) is 23.2 Å². The first-order valence-electron chi connectivity index (χ1n) is 11.3. The summed E-state index contributed by atoms with van der Waals surface area (Å²) in [5, 5.41) is 0. The topological polar surface area (TPSA) is 3.24 Å². The summed E-state index contributed by atoms with van der Waals surface area (Å²) in [6, 6.07) is 1.40. The molecule has 152 valence electrons. The third kappa shape index (κ3) is 8.46. The van der Waals surface area contributed by atoms with Gasteiger partial charge in [-0.05, 0) is 63.3 Å². The Hall–Kier alpha value is -0.0400. The Morgan fingerprint density at radius 2 is 1.48 bits per heavy atom. The number of hydrogen-bond donors (Lipinski definition) is 0. The zero-order chi connectivity index (χ0) is 19.6. The van der Waals surface area contributed by atoms with Crippen LogP contribution in [0, 0.1) is 23.2 Å². The molecule has 4 atom stereocenters. The summed E-state index contributed by atoms with van der Waals surface area (Å²) in [4.78, 5) is 2.65. The van der Waals surface area contributed by atoms with Crippen LogP contribution >= 0.6 is 0 Å². The van der Waals surface area contributed by atoms with Gasteiger partial charge in [0.15, 0.2) is 0 Å². The van der Waals surface area contributed by atoms with Gasteiger partial charge in [-0.15, -0.1) is 0 Å². The SMILES string of the molecule is CCC(C)C(CC)CC(CCCCC(C)(CC)C(C)C)N(C)C(C)C. The molecule has 25 heavy (non-hydrogen) atoms. The van der Waals surface area contributed by atoms with Crippen LogP contribution in [0.3, 0.4) is 0 Å². The van der Waals surface area contributed by atoms with Crippen molar-refractivity contribution in [3.05, 3.63) is 0 Å². The third-order valence-electron chi connectivity index (χ3n) is 7.68. The molecule has 0 aromatic rings. The van der Waals surface area contributed by atoms with Crippen molar-refractivity contribution in [2.45, 2.75) is 126 Å². The summed E-state index contributed by atoms with van der Waals surface area (Å²) in [5.41, 5.74) is 0.530. The van der Waals surface area contributed by atoms with Crippen LogP contribution in [0.2, 0.25) is 0 Å². The van der Waals surface area contributed by atoms with E-state index in [4.69, 9.17) is 0 Å². The van der Waals surface area contributed by atoms with Crippen LogP contribution in [0.4, 0.5) is 0 Å². The number of unbranched alkanes of at least 4 members (excludes halogenated alkanes) is 1. The predicted molar refractivity (Wildman–Crippen MR) is 116 cm³/mol. The minimum absolute atomic E-state index is 0.530. The second-order valence-electron chi connectivity index (χ2n) is 9.61. The van der Waals surface area contributed by atoms with Crippen molar-refractivity contribution in [3.8, 4) is 0 Å². The van der Waals surface area contributed by atoms with Gasteiger partial charge >= 0.3 is 0 Å². The lowest BCUT2D eigenvalue weighted by Crippen LogP contribution is -2.39. The second-order valence-corrected chi connectivity index (χ2v) is 9.61. The first kappa shape index (κ1) is 25.0. The fourth-order valence-corrected chi connectivity index (χ4v) is 4.18. The van der Waals surface area contributed by atoms with Gasteiger partial charge in [-0.1, -0.05) is 80.6 Å². The summed E-state index contributed by atoms with van der Waals surface area (Å²) >= 11 is 0. The Bertz CT molecular complexity index is 322. The molecule has 1 nitrogen and oxygen atoms in total. The monoisotopic (exact) mass is 353 g/mol. The average Bonchev–Trinajstić information content (AvgIpc) is 2.59. The van der Waals surface area contributed by atoms with Crippen molar-refractivity contribution in [2.75, 3.05) is 7.05 Å². The van der Waals surface area contributed by atoms with Crippen molar-refractivity contribution in [1.29, 1.82) is 0 Å². The lowest BCUT2D eigenvalue weighted by molar-refractivity contribution is 0.133. The minimum Gasteiger partial charge on any atom is -0.301 e. The zero-order valence-electron chi connectivity index (χ0n) is 19.5. The fraction of sp³-hybridized carbons (Fsp3) is 1.00. The molecule has 0 aliphatic carbocycles. The van der Waals surface area contributed by atoms with E-state index < -0.39 is 0 Å². The van der Waals surface area contributed by atoms with Gasteiger partial charge in [0, 0.05) is 12.1 Å². The molecule has 0 heterocycles. The van der Waals surface area contributed by atoms with Crippen molar-refractivity contribution in [1.82, 2.24) is 4.90 Å². The predicted octanol–water partition coefficient (Wildman–Crippen LogP) is 7.79. The highest BCUT2D eigenvalue weighted by molar-refractivity contribution is 4.79. The Morgan fingerprint density at radius 3 is 1.88 bits per heavy atom. The maximum absolute atomic E-state index is 2.65. The zero-order valence-corrected chi connectivity index (χ0v) is 19.5. The smallest absolute Gasteiger partial charge is 0.00976 e. The molecule has 0 fully saturated rings. The van der Waals surface area contributed by atoms with E-state index in [0.29, 0.717) is 11.5 Å². The molecule has 0 aliphatic rings. The fourth-order valence-electron chi connectivity index (χ4n) is 4.18. The number of hydrogen-bond acceptors (Lipinski definition) is 1. The van der Waals surface area contributed by atoms with E-state index in [1.807, 2.05) is 0 Å². The number of rotatable bonds is 14. The molecule has 0 aromatic carbocycles. The average molecular weight is 354 g/mol. The van der Waals surface area contributed by atoms with Crippen molar-refractivity contribution < 1.29 is 0 Å². The minimum atomic E-state index is 0.530. The molecule has 0 N–H and O–H groups in total. The maximum atomic E-state index is 2.65. The lowest BCUT2D eigenvalue weighted by Gasteiger charge is -2.36. The van der Waals surface area contributed by atoms with Gasteiger partial charge in [0.2, 0.25) is 0 Å². The van der Waals surface area contributed by atoms with Crippen molar-refractivity contribution in [3.63, 3.8) is 0 Å². The van der Waals surface area contributed by atoms with E-state index in [1.54, 1.807) is 0 Å². The molecule has 0 saturated carbocycles. The van der Waals surface area contributed by atoms with Gasteiger partial charge < -0.3 is 4.90 Å². The first-order valence-corrected chi connectivity index (χ1v) is 11.3. The molecular weight excluding hydrogens is 302 g/mol. The second kappa shape index (κ2) is 12.4. The van der Waals surface area contributed by atoms with Crippen LogP contribution in [0.15, 0.2) is 0 Å². The van der Waals surface area contributed by atoms with Gasteiger partial charge in [0.25, 0.3) is 0 Å². The third-order valence-corrected chi connectivity index (χ3v) is 7.68. The molecule has 0 amide bonds. The number of nitrogens with zero attached hydrogens (tertiary/aromatic N) is 1. The summed E-state index contributed by atoms with van der Waals surface area (Å²) < 4.78 is 0. The van der Waals surface area contributed by atoms with E-state index in [0.717, 1.165) is 23.8 Å². The van der Waals surface area contributed by atoms with Crippen molar-refractivity contribution >= 4 is 0 Å². The Kier molecular flexibility index (Phi) is 12.3. The Labute approximate surface area is 161 Å². The molecule has 0 spiro atoms. The molecule has 4 unspecified atom stereocenters. The van der Waals surface area contributed by atoms with Gasteiger partial charge in [0.05, 0.1) is 0 Å². The highest BCUT2D eigenvalue weighted by atomic mass is 15.1. The lowest BCUT2D eigenvalue weighted by atomic mass is 9.73. The van der Waals surface area contributed by atoms with Gasteiger partial charge in [-0.25, -0.2) is 0 Å². The van der Waals surface area contributed by atoms with Gasteiger partial charge in [-0.2, -0.15) is 0 Å². The summed E-state index contributed by atoms with van der Waals surface area (Å²) in [7, 11) is 2.35. The molecule has 0 radical (unpaired) electrons. The summed E-state index contributed by atoms with van der Waals surface area (Å²) in [5.74, 6) is 2.53. The molecule has 1 heteroatoms. The van der Waals surface area contributed by atoms with E-state index in [-0.39, 0.29) is 0 Å². The standard InChI is InChI=1S/C24H51N/c1-11-21(8)22(12-2)18-23(25(10)20(6)7)16-14-15-17-24(9,13-3)19(4)5/h19-23H,11-18H2,1-10H3. The summed E-state index contributed by atoms with van der Waals surface area (Å²) in [6.45, 7) is 21.6. The van der Waals surface area contributed by atoms with E-state index in [9.17, 15) is 0 Å². The van der Waals surface area contributed by atoms with Crippen LogP contribution in [-0.4, -0.2) is 24.0 Å². The quantitative estimate of drug-likeness (QED) is 0.288. The summed E-state index contributed by atoms with van der Waals surface area (Å²) in [6.07, 6.45) is 10.9. The molecule has 0 bridgehead atoms. The van der Waals surface area contributed by atoms with Gasteiger partial charge in [-0.3, -0.25) is 0 Å². The highest BCUT2D eigenvalue weighted by Crippen LogP contribution is 2.36. The van der Waals surface area contributed by atoms with Gasteiger partial charge in [0.1, 0.15) is 0 Å². The van der Waals surface area contributed by atoms with Crippen LogP contribution < -0.4 is 0 Å². The highest BCUT2D eigenvalue weighted by Gasteiger charge is 2.27. The Balaban J connectivity index is 4.70. The van der Waals surface area contributed by atoms with E-state index >= 15 is 0 Å². The van der Waals surface area contributed by atoms with E-state index in [2.05, 4.69) is 74.3 Å². The van der Waals surface area contributed by atoms with Crippen LogP contribution in [0.5, 0.6) is 0 Å². The molecule has 0 aliphatic heterocycles. The molecule has 0 saturated heterocycles. The normalized spacial score (nSPS) is 18.6. The molecular formula is C24H51N. The Morgan fingerprint density at radius 1 is 0.880 bits per heavy atom. The molecule has 0 rings (SSSR count). The first-order chi connectivity index (χ1) is 11.6. The maximum Gasteiger partial charge on any atom is 0.00976 e. The van der Waals surface area contributed by atoms with Crippen LogP contribution in [0.25, 0.3) is 0 Å². The van der Waals surface area contributed by atoms with E-state index in [1.165, 1.54) is 51.4 Å². The largest absolute Gasteiger partial charge is 0.301 e. The van der Waals surface area contributed by atoms with Crippen LogP contribution in [-0.2, 0) is 0 Å². The van der Waals surface area contributed by atoms with Crippen LogP contribution in [0.1, 0.15) is 114 Å². The molecule has 0 aromatic heterocycles.